The predicted octanol–water partition coefficient (Wildman–Crippen LogP) is 6.24. The highest BCUT2D eigenvalue weighted by Gasteiger charge is 2.24. The van der Waals surface area contributed by atoms with Gasteiger partial charge >= 0.3 is 6.09 Å². The number of ether oxygens (including phenoxy) is 1. The molecule has 0 saturated heterocycles. The van der Waals surface area contributed by atoms with Crippen LogP contribution in [0.3, 0.4) is 0 Å². The Morgan fingerprint density at radius 2 is 1.48 bits per heavy atom. The van der Waals surface area contributed by atoms with E-state index >= 15 is 0 Å². The number of anilines is 2. The molecule has 0 aliphatic carbocycles. The molecular weight excluding hydrogens is 374 g/mol. The van der Waals surface area contributed by atoms with E-state index in [9.17, 15) is 4.79 Å². The van der Waals surface area contributed by atoms with E-state index in [1.54, 1.807) is 16.7 Å². The summed E-state index contributed by atoms with van der Waals surface area (Å²) in [7, 11) is 0. The van der Waals surface area contributed by atoms with Crippen molar-refractivity contribution in [3.8, 4) is 0 Å². The second-order valence-electron chi connectivity index (χ2n) is 5.99. The largest absolute Gasteiger partial charge is 0.443 e. The SMILES string of the molecule is CSc1ccc(N(C(=O)OC(C)(C)C)c2ccc(Br)cc2)cc1. The molecule has 0 aromatic heterocycles. The molecule has 0 N–H and O–H groups in total. The molecule has 0 fully saturated rings. The van der Waals surface area contributed by atoms with Gasteiger partial charge in [-0.2, -0.15) is 0 Å². The van der Waals surface area contributed by atoms with Gasteiger partial charge in [-0.15, -0.1) is 11.8 Å². The second kappa shape index (κ2) is 7.41. The van der Waals surface area contributed by atoms with Crippen LogP contribution in [0.5, 0.6) is 0 Å². The zero-order valence-electron chi connectivity index (χ0n) is 13.7. The average molecular weight is 394 g/mol. The van der Waals surface area contributed by atoms with Crippen molar-refractivity contribution in [2.75, 3.05) is 11.2 Å². The molecule has 122 valence electrons. The Bertz CT molecular complexity index is 663. The fourth-order valence-corrected chi connectivity index (χ4v) is 2.66. The minimum atomic E-state index is -0.552. The van der Waals surface area contributed by atoms with E-state index in [1.807, 2.05) is 75.6 Å². The fraction of sp³-hybridized carbons (Fsp3) is 0.278. The number of carbonyl (C=O) groups is 1. The van der Waals surface area contributed by atoms with E-state index in [2.05, 4.69) is 15.9 Å². The van der Waals surface area contributed by atoms with E-state index in [1.165, 1.54) is 0 Å². The van der Waals surface area contributed by atoms with Crippen LogP contribution in [-0.4, -0.2) is 18.0 Å². The van der Waals surface area contributed by atoms with Crippen molar-refractivity contribution < 1.29 is 9.53 Å². The maximum Gasteiger partial charge on any atom is 0.419 e. The van der Waals surface area contributed by atoms with E-state index < -0.39 is 11.7 Å². The summed E-state index contributed by atoms with van der Waals surface area (Å²) in [6.45, 7) is 5.59. The van der Waals surface area contributed by atoms with Gasteiger partial charge in [0.05, 0.1) is 11.4 Å². The van der Waals surface area contributed by atoms with Crippen molar-refractivity contribution in [1.29, 1.82) is 0 Å². The molecule has 1 amide bonds. The second-order valence-corrected chi connectivity index (χ2v) is 7.79. The lowest BCUT2D eigenvalue weighted by Gasteiger charge is -2.27. The van der Waals surface area contributed by atoms with Crippen LogP contribution in [0, 0.1) is 0 Å². The van der Waals surface area contributed by atoms with Gasteiger partial charge in [0.15, 0.2) is 0 Å². The highest BCUT2D eigenvalue weighted by Crippen LogP contribution is 2.30. The van der Waals surface area contributed by atoms with Gasteiger partial charge in [-0.25, -0.2) is 9.69 Å². The standard InChI is InChI=1S/C18H20BrNO2S/c1-18(2,3)22-17(21)20(14-7-5-13(19)6-8-14)15-9-11-16(23-4)12-10-15/h5-12H,1-4H3. The van der Waals surface area contributed by atoms with Crippen LogP contribution in [0.25, 0.3) is 0 Å². The normalized spacial score (nSPS) is 11.2. The average Bonchev–Trinajstić information content (AvgIpc) is 2.48. The van der Waals surface area contributed by atoms with Crippen molar-refractivity contribution in [3.63, 3.8) is 0 Å². The molecule has 0 radical (unpaired) electrons. The van der Waals surface area contributed by atoms with Gasteiger partial charge in [0.2, 0.25) is 0 Å². The lowest BCUT2D eigenvalue weighted by Crippen LogP contribution is -2.33. The molecule has 2 aromatic rings. The van der Waals surface area contributed by atoms with Gasteiger partial charge < -0.3 is 4.74 Å². The van der Waals surface area contributed by atoms with E-state index in [-0.39, 0.29) is 0 Å². The number of hydrogen-bond donors (Lipinski definition) is 0. The number of amides is 1. The molecule has 0 aliphatic rings. The third-order valence-corrected chi connectivity index (χ3v) is 4.26. The van der Waals surface area contributed by atoms with Crippen molar-refractivity contribution in [2.45, 2.75) is 31.3 Å². The maximum absolute atomic E-state index is 12.7. The number of carbonyl (C=O) groups excluding carboxylic acids is 1. The van der Waals surface area contributed by atoms with Crippen LogP contribution in [0.2, 0.25) is 0 Å². The first-order valence-corrected chi connectivity index (χ1v) is 9.25. The number of thioether (sulfide) groups is 1. The number of nitrogens with zero attached hydrogens (tertiary/aromatic N) is 1. The molecule has 3 nitrogen and oxygen atoms in total. The Balaban J connectivity index is 2.41. The Kier molecular flexibility index (Phi) is 5.76. The summed E-state index contributed by atoms with van der Waals surface area (Å²) < 4.78 is 6.53. The molecule has 0 atom stereocenters. The molecule has 0 unspecified atom stereocenters. The first-order valence-electron chi connectivity index (χ1n) is 7.23. The van der Waals surface area contributed by atoms with Crippen molar-refractivity contribution in [3.05, 3.63) is 53.0 Å². The molecule has 0 heterocycles. The highest BCUT2D eigenvalue weighted by molar-refractivity contribution is 9.10. The van der Waals surface area contributed by atoms with Crippen LogP contribution in [0.1, 0.15) is 20.8 Å². The van der Waals surface area contributed by atoms with Crippen LogP contribution < -0.4 is 4.90 Å². The number of halogens is 1. The predicted molar refractivity (Wildman–Crippen MR) is 101 cm³/mol. The summed E-state index contributed by atoms with van der Waals surface area (Å²) in [6.07, 6.45) is 1.63. The van der Waals surface area contributed by atoms with Crippen molar-refractivity contribution in [1.82, 2.24) is 0 Å². The summed E-state index contributed by atoms with van der Waals surface area (Å²) in [5.41, 5.74) is 0.989. The van der Waals surface area contributed by atoms with Crippen molar-refractivity contribution >= 4 is 45.2 Å². The van der Waals surface area contributed by atoms with E-state index in [0.717, 1.165) is 20.7 Å². The molecule has 2 aromatic carbocycles. The molecule has 0 spiro atoms. The van der Waals surface area contributed by atoms with Crippen LogP contribution in [-0.2, 0) is 4.74 Å². The zero-order valence-corrected chi connectivity index (χ0v) is 16.1. The van der Waals surface area contributed by atoms with E-state index in [0.29, 0.717) is 0 Å². The lowest BCUT2D eigenvalue weighted by molar-refractivity contribution is 0.0599. The Labute approximate surface area is 150 Å². The molecule has 0 bridgehead atoms. The summed E-state index contributed by atoms with van der Waals surface area (Å²) in [6, 6.07) is 15.4. The molecular formula is C18H20BrNO2S. The summed E-state index contributed by atoms with van der Waals surface area (Å²) >= 11 is 5.08. The summed E-state index contributed by atoms with van der Waals surface area (Å²) in [5, 5.41) is 0. The van der Waals surface area contributed by atoms with Crippen LogP contribution >= 0.6 is 27.7 Å². The first-order chi connectivity index (χ1) is 10.8. The molecule has 23 heavy (non-hydrogen) atoms. The van der Waals surface area contributed by atoms with Gasteiger partial charge in [-0.05, 0) is 75.6 Å². The maximum atomic E-state index is 12.7. The quantitative estimate of drug-likeness (QED) is 0.577. The topological polar surface area (TPSA) is 29.5 Å². The summed E-state index contributed by atoms with van der Waals surface area (Å²) in [5.74, 6) is 0. The molecule has 2 rings (SSSR count). The lowest BCUT2D eigenvalue weighted by atomic mass is 10.2. The molecule has 0 aliphatic heterocycles. The van der Waals surface area contributed by atoms with Gasteiger partial charge in [0.25, 0.3) is 0 Å². The van der Waals surface area contributed by atoms with Gasteiger partial charge in [-0.1, -0.05) is 15.9 Å². The highest BCUT2D eigenvalue weighted by atomic mass is 79.9. The third-order valence-electron chi connectivity index (χ3n) is 2.99. The number of hydrogen-bond acceptors (Lipinski definition) is 3. The Morgan fingerprint density at radius 3 is 1.91 bits per heavy atom. The Hall–Kier alpha value is -1.46. The minimum Gasteiger partial charge on any atom is -0.443 e. The van der Waals surface area contributed by atoms with Crippen molar-refractivity contribution in [2.24, 2.45) is 0 Å². The zero-order chi connectivity index (χ0) is 17.0. The number of rotatable bonds is 3. The summed E-state index contributed by atoms with van der Waals surface area (Å²) in [4.78, 5) is 15.4. The van der Waals surface area contributed by atoms with Gasteiger partial charge in [-0.3, -0.25) is 0 Å². The molecule has 0 saturated carbocycles. The monoisotopic (exact) mass is 393 g/mol. The minimum absolute atomic E-state index is 0.392. The van der Waals surface area contributed by atoms with Gasteiger partial charge in [0, 0.05) is 9.37 Å². The Morgan fingerprint density at radius 1 is 1.00 bits per heavy atom. The van der Waals surface area contributed by atoms with Gasteiger partial charge in [0.1, 0.15) is 5.60 Å². The van der Waals surface area contributed by atoms with Crippen LogP contribution in [0.15, 0.2) is 57.9 Å². The van der Waals surface area contributed by atoms with E-state index in [4.69, 9.17) is 4.74 Å². The number of benzene rings is 2. The first kappa shape index (κ1) is 17.9. The van der Waals surface area contributed by atoms with Crippen LogP contribution in [0.4, 0.5) is 16.2 Å². The molecule has 5 heteroatoms. The fourth-order valence-electron chi connectivity index (χ4n) is 1.99. The third kappa shape index (κ3) is 5.01. The smallest absolute Gasteiger partial charge is 0.419 e.